The molecule has 0 nitrogen and oxygen atoms in total. The summed E-state index contributed by atoms with van der Waals surface area (Å²) >= 11 is 3.48. The van der Waals surface area contributed by atoms with E-state index in [9.17, 15) is 0 Å². The van der Waals surface area contributed by atoms with E-state index < -0.39 is 0 Å². The van der Waals surface area contributed by atoms with Gasteiger partial charge in [-0.15, -0.1) is 0 Å². The highest BCUT2D eigenvalue weighted by atomic mass is 79.9. The van der Waals surface area contributed by atoms with Gasteiger partial charge in [0.2, 0.25) is 0 Å². The van der Waals surface area contributed by atoms with Crippen molar-refractivity contribution in [2.75, 3.05) is 0 Å². The molecule has 0 aromatic heterocycles. The summed E-state index contributed by atoms with van der Waals surface area (Å²) in [6, 6.07) is 14.9. The van der Waals surface area contributed by atoms with Crippen molar-refractivity contribution < 1.29 is 0 Å². The minimum Gasteiger partial charge on any atom is -0.0654 e. The number of hydrogen-bond donors (Lipinski definition) is 0. The van der Waals surface area contributed by atoms with Gasteiger partial charge in [0.1, 0.15) is 0 Å². The second-order valence-electron chi connectivity index (χ2n) is 5.36. The van der Waals surface area contributed by atoms with Crippen molar-refractivity contribution in [2.45, 2.75) is 39.5 Å². The Labute approximate surface area is 136 Å². The van der Waals surface area contributed by atoms with Crippen molar-refractivity contribution in [1.82, 2.24) is 0 Å². The summed E-state index contributed by atoms with van der Waals surface area (Å²) in [6.45, 7) is 4.33. The average Bonchev–Trinajstić information content (AvgIpc) is 2.48. The SMILES string of the molecule is CCCCCc1ccc(C#Cc2ccc(Br)cc2C)cc1. The van der Waals surface area contributed by atoms with Gasteiger partial charge in [0.25, 0.3) is 0 Å². The fourth-order valence-corrected chi connectivity index (χ4v) is 2.72. The first-order valence-corrected chi connectivity index (χ1v) is 8.35. The average molecular weight is 341 g/mol. The molecule has 0 radical (unpaired) electrons. The maximum absolute atomic E-state index is 3.48. The summed E-state index contributed by atoms with van der Waals surface area (Å²) in [4.78, 5) is 0. The quantitative estimate of drug-likeness (QED) is 0.480. The van der Waals surface area contributed by atoms with Crippen LogP contribution in [0.25, 0.3) is 0 Å². The molecule has 0 atom stereocenters. The fourth-order valence-electron chi connectivity index (χ4n) is 2.24. The molecule has 2 rings (SSSR count). The van der Waals surface area contributed by atoms with Crippen LogP contribution in [-0.4, -0.2) is 0 Å². The van der Waals surface area contributed by atoms with Gasteiger partial charge in [-0.1, -0.05) is 59.7 Å². The van der Waals surface area contributed by atoms with Crippen LogP contribution in [-0.2, 0) is 6.42 Å². The Balaban J connectivity index is 2.05. The minimum absolute atomic E-state index is 1.08. The Bertz CT molecular complexity index is 642. The first-order chi connectivity index (χ1) is 10.2. The lowest BCUT2D eigenvalue weighted by Crippen LogP contribution is -1.86. The molecule has 0 aliphatic heterocycles. The minimum atomic E-state index is 1.08. The van der Waals surface area contributed by atoms with Crippen LogP contribution in [0, 0.1) is 18.8 Å². The first kappa shape index (κ1) is 15.9. The molecule has 21 heavy (non-hydrogen) atoms. The Morgan fingerprint density at radius 1 is 0.952 bits per heavy atom. The standard InChI is InChI=1S/C20H21Br/c1-3-4-5-6-17-7-9-18(10-8-17)11-12-19-13-14-20(21)15-16(19)2/h7-10,13-15H,3-6H2,1-2H3. The smallest absolute Gasteiger partial charge is 0.0279 e. The number of benzene rings is 2. The molecule has 0 amide bonds. The summed E-state index contributed by atoms with van der Waals surface area (Å²) in [5.74, 6) is 6.51. The maximum atomic E-state index is 3.48. The van der Waals surface area contributed by atoms with Crippen LogP contribution in [0.3, 0.4) is 0 Å². The van der Waals surface area contributed by atoms with E-state index in [4.69, 9.17) is 0 Å². The molecular weight excluding hydrogens is 320 g/mol. The predicted octanol–water partition coefficient (Wildman–Crippen LogP) is 5.89. The maximum Gasteiger partial charge on any atom is 0.0279 e. The molecule has 2 aromatic carbocycles. The number of halogens is 1. The van der Waals surface area contributed by atoms with E-state index in [2.05, 4.69) is 78.0 Å². The number of aryl methyl sites for hydroxylation is 2. The Morgan fingerprint density at radius 2 is 1.71 bits per heavy atom. The summed E-state index contributed by atoms with van der Waals surface area (Å²) in [5, 5.41) is 0. The molecular formula is C20H21Br. The topological polar surface area (TPSA) is 0 Å². The Morgan fingerprint density at radius 3 is 2.38 bits per heavy atom. The third-order valence-corrected chi connectivity index (χ3v) is 4.05. The summed E-state index contributed by atoms with van der Waals surface area (Å²) in [7, 11) is 0. The molecule has 1 heteroatoms. The Hall–Kier alpha value is -1.52. The van der Waals surface area contributed by atoms with E-state index in [-0.39, 0.29) is 0 Å². The van der Waals surface area contributed by atoms with Gasteiger partial charge in [0.05, 0.1) is 0 Å². The summed E-state index contributed by atoms with van der Waals surface area (Å²) < 4.78 is 1.10. The van der Waals surface area contributed by atoms with E-state index in [1.54, 1.807) is 0 Å². The van der Waals surface area contributed by atoms with Crippen molar-refractivity contribution in [3.63, 3.8) is 0 Å². The molecule has 0 N–H and O–H groups in total. The fraction of sp³-hybridized carbons (Fsp3) is 0.300. The third-order valence-electron chi connectivity index (χ3n) is 3.55. The molecule has 108 valence electrons. The van der Waals surface area contributed by atoms with E-state index >= 15 is 0 Å². The first-order valence-electron chi connectivity index (χ1n) is 7.56. The van der Waals surface area contributed by atoms with Crippen LogP contribution < -0.4 is 0 Å². The highest BCUT2D eigenvalue weighted by Crippen LogP contribution is 2.15. The Kier molecular flexibility index (Phi) is 6.08. The number of unbranched alkanes of at least 4 members (excludes halogenated alkanes) is 2. The molecule has 2 aromatic rings. The van der Waals surface area contributed by atoms with Crippen LogP contribution in [0.4, 0.5) is 0 Å². The summed E-state index contributed by atoms with van der Waals surface area (Å²) in [6.07, 6.45) is 5.04. The molecule has 0 bridgehead atoms. The van der Waals surface area contributed by atoms with Crippen LogP contribution >= 0.6 is 15.9 Å². The van der Waals surface area contributed by atoms with Gasteiger partial charge >= 0.3 is 0 Å². The second kappa shape index (κ2) is 8.05. The van der Waals surface area contributed by atoms with Crippen molar-refractivity contribution in [2.24, 2.45) is 0 Å². The number of rotatable bonds is 4. The molecule has 0 saturated heterocycles. The molecule has 0 fully saturated rings. The lowest BCUT2D eigenvalue weighted by molar-refractivity contribution is 0.717. The summed E-state index contributed by atoms with van der Waals surface area (Å²) in [5.41, 5.74) is 4.78. The van der Waals surface area contributed by atoms with E-state index in [0.717, 1.165) is 15.6 Å². The zero-order chi connectivity index (χ0) is 15.1. The van der Waals surface area contributed by atoms with E-state index in [1.807, 2.05) is 6.07 Å². The van der Waals surface area contributed by atoms with Crippen LogP contribution in [0.1, 0.15) is 48.4 Å². The zero-order valence-corrected chi connectivity index (χ0v) is 14.3. The van der Waals surface area contributed by atoms with Gasteiger partial charge in [-0.2, -0.15) is 0 Å². The zero-order valence-electron chi connectivity index (χ0n) is 12.7. The van der Waals surface area contributed by atoms with Crippen LogP contribution in [0.2, 0.25) is 0 Å². The predicted molar refractivity (Wildman–Crippen MR) is 94.5 cm³/mol. The van der Waals surface area contributed by atoms with Crippen molar-refractivity contribution in [1.29, 1.82) is 0 Å². The molecule has 0 saturated carbocycles. The lowest BCUT2D eigenvalue weighted by Gasteiger charge is -2.01. The van der Waals surface area contributed by atoms with Gasteiger partial charge in [-0.25, -0.2) is 0 Å². The van der Waals surface area contributed by atoms with Crippen molar-refractivity contribution in [3.8, 4) is 11.8 Å². The monoisotopic (exact) mass is 340 g/mol. The van der Waals surface area contributed by atoms with Gasteiger partial charge in [-0.05, 0) is 61.2 Å². The highest BCUT2D eigenvalue weighted by Gasteiger charge is 1.96. The lowest BCUT2D eigenvalue weighted by atomic mass is 10.0. The van der Waals surface area contributed by atoms with E-state index in [1.165, 1.54) is 36.8 Å². The molecule has 0 heterocycles. The highest BCUT2D eigenvalue weighted by molar-refractivity contribution is 9.10. The van der Waals surface area contributed by atoms with Gasteiger partial charge in [0, 0.05) is 15.6 Å². The van der Waals surface area contributed by atoms with Crippen molar-refractivity contribution >= 4 is 15.9 Å². The van der Waals surface area contributed by atoms with Gasteiger partial charge in [-0.3, -0.25) is 0 Å². The second-order valence-corrected chi connectivity index (χ2v) is 6.28. The molecule has 0 aliphatic carbocycles. The molecule has 0 unspecified atom stereocenters. The largest absolute Gasteiger partial charge is 0.0654 e. The van der Waals surface area contributed by atoms with Crippen molar-refractivity contribution in [3.05, 3.63) is 69.2 Å². The van der Waals surface area contributed by atoms with Crippen LogP contribution in [0.15, 0.2) is 46.9 Å². The third kappa shape index (κ3) is 5.06. The number of hydrogen-bond acceptors (Lipinski definition) is 0. The van der Waals surface area contributed by atoms with E-state index in [0.29, 0.717) is 0 Å². The normalized spacial score (nSPS) is 10.0. The van der Waals surface area contributed by atoms with Gasteiger partial charge in [0.15, 0.2) is 0 Å². The van der Waals surface area contributed by atoms with Gasteiger partial charge < -0.3 is 0 Å². The molecule has 0 spiro atoms. The van der Waals surface area contributed by atoms with Crippen LogP contribution in [0.5, 0.6) is 0 Å². The molecule has 0 aliphatic rings.